The predicted molar refractivity (Wildman–Crippen MR) is 81.2 cm³/mol. The second-order valence-electron chi connectivity index (χ2n) is 5.20. The fourth-order valence-electron chi connectivity index (χ4n) is 1.07. The van der Waals surface area contributed by atoms with Crippen molar-refractivity contribution in [1.29, 1.82) is 0 Å². The molecule has 0 spiro atoms. The molecule has 2 N–H and O–H groups in total. The molecule has 0 aromatic carbocycles. The quantitative estimate of drug-likeness (QED) is 0.331. The van der Waals surface area contributed by atoms with Gasteiger partial charge in [-0.3, -0.25) is 9.59 Å². The summed E-state index contributed by atoms with van der Waals surface area (Å²) in [6, 6.07) is 0. The lowest BCUT2D eigenvalue weighted by atomic mass is 9.98. The molecule has 0 aliphatic heterocycles. The lowest BCUT2D eigenvalue weighted by Gasteiger charge is -2.16. The number of esters is 2. The molecule has 10 heteroatoms. The topological polar surface area (TPSA) is 130 Å². The standard InChI is InChI=1S/C13H16N3O6S/c1-13(2,3)11(19)21-7-20-10(18)5-22-16-8(4-17)9-6-23-12(14)15-9/h6H,5,7H2,1-3H3,(H2,14,15). The summed E-state index contributed by atoms with van der Waals surface area (Å²) in [6.45, 7) is 3.89. The molecular formula is C13H16N3O6S. The minimum Gasteiger partial charge on any atom is -0.427 e. The number of ether oxygens (including phenoxy) is 2. The Morgan fingerprint density at radius 1 is 1.39 bits per heavy atom. The van der Waals surface area contributed by atoms with Crippen molar-refractivity contribution < 1.29 is 28.7 Å². The molecule has 0 saturated carbocycles. The van der Waals surface area contributed by atoms with Crippen LogP contribution in [0.5, 0.6) is 0 Å². The first kappa shape index (κ1) is 18.6. The maximum atomic E-state index is 11.4. The number of nitrogens with zero attached hydrogens (tertiary/aromatic N) is 2. The first-order valence-corrected chi connectivity index (χ1v) is 7.24. The van der Waals surface area contributed by atoms with E-state index < -0.39 is 30.8 Å². The second-order valence-corrected chi connectivity index (χ2v) is 6.09. The zero-order chi connectivity index (χ0) is 17.5. The highest BCUT2D eigenvalue weighted by Gasteiger charge is 2.23. The molecule has 0 aliphatic rings. The molecular weight excluding hydrogens is 326 g/mol. The van der Waals surface area contributed by atoms with E-state index in [1.54, 1.807) is 20.8 Å². The van der Waals surface area contributed by atoms with E-state index in [-0.39, 0.29) is 16.5 Å². The Morgan fingerprint density at radius 2 is 2.09 bits per heavy atom. The third-order valence-corrected chi connectivity index (χ3v) is 2.90. The third kappa shape index (κ3) is 6.43. The molecule has 1 rings (SSSR count). The Hall–Kier alpha value is -2.49. The number of hydrogen-bond acceptors (Lipinski definition) is 10. The van der Waals surface area contributed by atoms with E-state index in [1.807, 2.05) is 0 Å². The van der Waals surface area contributed by atoms with Gasteiger partial charge in [-0.05, 0) is 20.8 Å². The zero-order valence-electron chi connectivity index (χ0n) is 12.8. The van der Waals surface area contributed by atoms with E-state index in [2.05, 4.69) is 19.7 Å². The molecule has 0 atom stereocenters. The number of hydrogen-bond donors (Lipinski definition) is 1. The number of carbonyl (C=O) groups is 2. The van der Waals surface area contributed by atoms with Crippen LogP contribution in [0.2, 0.25) is 0 Å². The van der Waals surface area contributed by atoms with Crippen molar-refractivity contribution in [3.05, 3.63) is 11.1 Å². The molecule has 0 bridgehead atoms. The Balaban J connectivity index is 2.37. The molecule has 1 radical (unpaired) electrons. The monoisotopic (exact) mass is 342 g/mol. The van der Waals surface area contributed by atoms with E-state index in [0.717, 1.165) is 11.3 Å². The van der Waals surface area contributed by atoms with Gasteiger partial charge < -0.3 is 20.0 Å². The number of carbonyl (C=O) groups excluding carboxylic acids is 3. The number of rotatable bonds is 7. The zero-order valence-corrected chi connectivity index (χ0v) is 13.6. The summed E-state index contributed by atoms with van der Waals surface area (Å²) < 4.78 is 9.36. The highest BCUT2D eigenvalue weighted by molar-refractivity contribution is 7.13. The van der Waals surface area contributed by atoms with Gasteiger partial charge in [0.25, 0.3) is 6.29 Å². The molecule has 9 nitrogen and oxygen atoms in total. The van der Waals surface area contributed by atoms with Gasteiger partial charge in [0.15, 0.2) is 10.8 Å². The molecule has 0 saturated heterocycles. The van der Waals surface area contributed by atoms with Crippen molar-refractivity contribution >= 4 is 40.4 Å². The van der Waals surface area contributed by atoms with Crippen LogP contribution in [0.4, 0.5) is 5.13 Å². The molecule has 0 fully saturated rings. The molecule has 0 unspecified atom stereocenters. The highest BCUT2D eigenvalue weighted by atomic mass is 32.1. The van der Waals surface area contributed by atoms with E-state index in [9.17, 15) is 14.4 Å². The largest absolute Gasteiger partial charge is 0.427 e. The SMILES string of the molecule is CC(C)(C)C(=O)OCOC(=O)CON=C([C]=O)c1csc(N)n1. The Morgan fingerprint density at radius 3 is 2.61 bits per heavy atom. The van der Waals surface area contributed by atoms with Gasteiger partial charge in [0.2, 0.25) is 13.4 Å². The summed E-state index contributed by atoms with van der Waals surface area (Å²) in [4.78, 5) is 42.0. The van der Waals surface area contributed by atoms with Gasteiger partial charge in [0.1, 0.15) is 5.69 Å². The van der Waals surface area contributed by atoms with Gasteiger partial charge in [0.05, 0.1) is 5.41 Å². The molecule has 1 heterocycles. The second kappa shape index (κ2) is 8.22. The maximum Gasteiger partial charge on any atom is 0.349 e. The Bertz CT molecular complexity index is 605. The van der Waals surface area contributed by atoms with Gasteiger partial charge in [0, 0.05) is 5.38 Å². The van der Waals surface area contributed by atoms with Crippen LogP contribution in [-0.2, 0) is 28.7 Å². The van der Waals surface area contributed by atoms with Crippen LogP contribution < -0.4 is 5.73 Å². The van der Waals surface area contributed by atoms with E-state index in [0.29, 0.717) is 0 Å². The molecule has 0 aliphatic carbocycles. The molecule has 1 aromatic heterocycles. The summed E-state index contributed by atoms with van der Waals surface area (Å²) in [7, 11) is 0. The van der Waals surface area contributed by atoms with Crippen molar-refractivity contribution in [1.82, 2.24) is 4.98 Å². The highest BCUT2D eigenvalue weighted by Crippen LogP contribution is 2.14. The number of nitrogens with two attached hydrogens (primary N) is 1. The number of aromatic nitrogens is 1. The van der Waals surface area contributed by atoms with Gasteiger partial charge >= 0.3 is 11.9 Å². The van der Waals surface area contributed by atoms with Crippen molar-refractivity contribution in [2.75, 3.05) is 19.1 Å². The van der Waals surface area contributed by atoms with Crippen molar-refractivity contribution in [3.8, 4) is 0 Å². The van der Waals surface area contributed by atoms with Crippen molar-refractivity contribution in [2.45, 2.75) is 20.8 Å². The normalized spacial score (nSPS) is 11.7. The Kier molecular flexibility index (Phi) is 6.64. The van der Waals surface area contributed by atoms with Gasteiger partial charge in [-0.25, -0.2) is 9.78 Å². The minimum absolute atomic E-state index is 0.190. The van der Waals surface area contributed by atoms with Crippen LogP contribution in [0.1, 0.15) is 26.5 Å². The average Bonchev–Trinajstić information content (AvgIpc) is 2.89. The Labute approximate surface area is 136 Å². The first-order chi connectivity index (χ1) is 10.7. The van der Waals surface area contributed by atoms with Gasteiger partial charge in [-0.15, -0.1) is 11.3 Å². The van der Waals surface area contributed by atoms with Crippen LogP contribution in [-0.4, -0.2) is 42.3 Å². The average molecular weight is 342 g/mol. The van der Waals surface area contributed by atoms with Crippen LogP contribution in [0, 0.1) is 5.41 Å². The van der Waals surface area contributed by atoms with Crippen LogP contribution in [0.25, 0.3) is 0 Å². The molecule has 0 amide bonds. The smallest absolute Gasteiger partial charge is 0.349 e. The lowest BCUT2D eigenvalue weighted by molar-refractivity contribution is -0.175. The number of thiazole rings is 1. The summed E-state index contributed by atoms with van der Waals surface area (Å²) in [5, 5.41) is 5.17. The van der Waals surface area contributed by atoms with E-state index in [1.165, 1.54) is 11.7 Å². The molecule has 1 aromatic rings. The third-order valence-electron chi connectivity index (χ3n) is 2.22. The van der Waals surface area contributed by atoms with Gasteiger partial charge in [-0.2, -0.15) is 0 Å². The summed E-state index contributed by atoms with van der Waals surface area (Å²) in [5.74, 6) is -1.33. The molecule has 125 valence electrons. The lowest BCUT2D eigenvalue weighted by Crippen LogP contribution is -2.25. The summed E-state index contributed by atoms with van der Waals surface area (Å²) in [5.41, 5.74) is 4.69. The van der Waals surface area contributed by atoms with E-state index in [4.69, 9.17) is 10.5 Å². The fraction of sp³-hybridized carbons (Fsp3) is 0.462. The van der Waals surface area contributed by atoms with Gasteiger partial charge in [-0.1, -0.05) is 5.16 Å². The summed E-state index contributed by atoms with van der Waals surface area (Å²) in [6.07, 6.45) is 1.52. The van der Waals surface area contributed by atoms with Crippen molar-refractivity contribution in [3.63, 3.8) is 0 Å². The van der Waals surface area contributed by atoms with Crippen LogP contribution in [0.15, 0.2) is 10.5 Å². The predicted octanol–water partition coefficient (Wildman–Crippen LogP) is 0.646. The maximum absolute atomic E-state index is 11.4. The van der Waals surface area contributed by atoms with Crippen LogP contribution in [0.3, 0.4) is 0 Å². The van der Waals surface area contributed by atoms with Crippen molar-refractivity contribution in [2.24, 2.45) is 10.6 Å². The summed E-state index contributed by atoms with van der Waals surface area (Å²) >= 11 is 1.11. The number of anilines is 1. The number of oxime groups is 1. The first-order valence-electron chi connectivity index (χ1n) is 6.36. The van der Waals surface area contributed by atoms with E-state index >= 15 is 0 Å². The fourth-order valence-corrected chi connectivity index (χ4v) is 1.62. The number of nitrogen functional groups attached to an aromatic ring is 1. The minimum atomic E-state index is -0.821. The molecule has 23 heavy (non-hydrogen) atoms. The van der Waals surface area contributed by atoms with Crippen LogP contribution >= 0.6 is 11.3 Å².